The quantitative estimate of drug-likeness (QED) is 0.497. The summed E-state index contributed by atoms with van der Waals surface area (Å²) in [6.07, 6.45) is 2.26. The molecule has 1 fully saturated rings. The molecule has 28 heavy (non-hydrogen) atoms. The van der Waals surface area contributed by atoms with Crippen LogP contribution in [0.5, 0.6) is 5.75 Å². The third-order valence-electron chi connectivity index (χ3n) is 5.67. The highest BCUT2D eigenvalue weighted by atomic mass is 16.6. The van der Waals surface area contributed by atoms with E-state index in [2.05, 4.69) is 11.8 Å². The smallest absolute Gasteiger partial charge is 0.269 e. The van der Waals surface area contributed by atoms with Gasteiger partial charge in [0.15, 0.2) is 0 Å². The largest absolute Gasteiger partial charge is 0.508 e. The molecule has 5 heteroatoms. The van der Waals surface area contributed by atoms with Crippen LogP contribution in [0.2, 0.25) is 0 Å². The molecule has 1 aliphatic rings. The zero-order valence-corrected chi connectivity index (χ0v) is 15.9. The number of nitro groups is 1. The predicted molar refractivity (Wildman–Crippen MR) is 111 cm³/mol. The normalized spacial score (nSPS) is 18.8. The minimum atomic E-state index is -0.359. The third kappa shape index (κ3) is 3.45. The van der Waals surface area contributed by atoms with Crippen molar-refractivity contribution in [2.75, 3.05) is 13.1 Å². The molecule has 0 saturated carbocycles. The fourth-order valence-corrected chi connectivity index (χ4v) is 4.40. The average molecular weight is 376 g/mol. The van der Waals surface area contributed by atoms with E-state index in [1.54, 1.807) is 18.2 Å². The predicted octanol–water partition coefficient (Wildman–Crippen LogP) is 5.27. The molecule has 4 rings (SSSR count). The zero-order chi connectivity index (χ0) is 19.7. The van der Waals surface area contributed by atoms with Gasteiger partial charge in [-0.25, -0.2) is 0 Å². The molecular weight excluding hydrogens is 352 g/mol. The monoisotopic (exact) mass is 376 g/mol. The molecule has 3 aromatic rings. The molecule has 0 unspecified atom stereocenters. The molecular formula is C23H24N2O3. The summed E-state index contributed by atoms with van der Waals surface area (Å²) in [6.45, 7) is 4.04. The fourth-order valence-electron chi connectivity index (χ4n) is 4.40. The number of hydrogen-bond acceptors (Lipinski definition) is 4. The SMILES string of the molecule is C[C@@H]1CCCN([C@@H](c2cccc([N+](=O)[O-])c2)c2c(O)ccc3ccccc23)C1. The molecule has 0 aliphatic carbocycles. The van der Waals surface area contributed by atoms with Crippen LogP contribution in [0.1, 0.15) is 36.9 Å². The van der Waals surface area contributed by atoms with Gasteiger partial charge in [-0.2, -0.15) is 0 Å². The van der Waals surface area contributed by atoms with Crippen LogP contribution in [-0.4, -0.2) is 28.0 Å². The van der Waals surface area contributed by atoms with E-state index in [4.69, 9.17) is 0 Å². The Morgan fingerprint density at radius 1 is 1.14 bits per heavy atom. The summed E-state index contributed by atoms with van der Waals surface area (Å²) in [5.74, 6) is 0.778. The lowest BCUT2D eigenvalue weighted by Gasteiger charge is -2.38. The molecule has 5 nitrogen and oxygen atoms in total. The van der Waals surface area contributed by atoms with E-state index in [-0.39, 0.29) is 22.4 Å². The topological polar surface area (TPSA) is 66.6 Å². The number of phenols is 1. The van der Waals surface area contributed by atoms with E-state index in [1.165, 1.54) is 12.5 Å². The van der Waals surface area contributed by atoms with Gasteiger partial charge in [0.2, 0.25) is 0 Å². The van der Waals surface area contributed by atoms with Crippen LogP contribution in [0.3, 0.4) is 0 Å². The van der Waals surface area contributed by atoms with Crippen molar-refractivity contribution in [3.8, 4) is 5.75 Å². The molecule has 144 valence electrons. The standard InChI is InChI=1S/C23H24N2O3/c1-16-6-5-13-24(15-16)23(18-8-4-9-19(14-18)25(27)28)22-20-10-3-2-7-17(20)11-12-21(22)26/h2-4,7-12,14,16,23,26H,5-6,13,15H2,1H3/t16-,23+/m1/s1. The number of piperidine rings is 1. The van der Waals surface area contributed by atoms with Gasteiger partial charge in [-0.15, -0.1) is 0 Å². The first-order valence-electron chi connectivity index (χ1n) is 9.73. The van der Waals surface area contributed by atoms with Gasteiger partial charge in [0.05, 0.1) is 11.0 Å². The summed E-state index contributed by atoms with van der Waals surface area (Å²) in [6, 6.07) is 18.2. The van der Waals surface area contributed by atoms with E-state index in [0.717, 1.165) is 41.4 Å². The molecule has 0 bridgehead atoms. The number of nitrogens with zero attached hydrogens (tertiary/aromatic N) is 2. The summed E-state index contributed by atoms with van der Waals surface area (Å²) >= 11 is 0. The summed E-state index contributed by atoms with van der Waals surface area (Å²) in [7, 11) is 0. The highest BCUT2D eigenvalue weighted by Gasteiger charge is 2.30. The van der Waals surface area contributed by atoms with Gasteiger partial charge >= 0.3 is 0 Å². The summed E-state index contributed by atoms with van der Waals surface area (Å²) < 4.78 is 0. The Morgan fingerprint density at radius 2 is 1.96 bits per heavy atom. The van der Waals surface area contributed by atoms with E-state index >= 15 is 0 Å². The van der Waals surface area contributed by atoms with Crippen LogP contribution in [-0.2, 0) is 0 Å². The summed E-state index contributed by atoms with van der Waals surface area (Å²) in [4.78, 5) is 13.4. The molecule has 1 heterocycles. The maximum Gasteiger partial charge on any atom is 0.269 e. The van der Waals surface area contributed by atoms with Crippen molar-refractivity contribution >= 4 is 16.5 Å². The Balaban J connectivity index is 1.93. The maximum absolute atomic E-state index is 11.4. The Hall–Kier alpha value is -2.92. The number of phenolic OH excluding ortho intramolecular Hbond substituents is 1. The van der Waals surface area contributed by atoms with Gasteiger partial charge in [0.25, 0.3) is 5.69 Å². The lowest BCUT2D eigenvalue weighted by molar-refractivity contribution is -0.384. The Labute approximate surface area is 164 Å². The lowest BCUT2D eigenvalue weighted by atomic mass is 9.88. The minimum Gasteiger partial charge on any atom is -0.508 e. The fraction of sp³-hybridized carbons (Fsp3) is 0.304. The first kappa shape index (κ1) is 18.4. The molecule has 0 radical (unpaired) electrons. The number of rotatable bonds is 4. The molecule has 2 atom stereocenters. The van der Waals surface area contributed by atoms with Gasteiger partial charge in [0.1, 0.15) is 5.75 Å². The first-order valence-corrected chi connectivity index (χ1v) is 9.73. The molecule has 0 spiro atoms. The maximum atomic E-state index is 11.4. The van der Waals surface area contributed by atoms with Gasteiger partial charge in [0, 0.05) is 24.2 Å². The van der Waals surface area contributed by atoms with Crippen LogP contribution in [0.4, 0.5) is 5.69 Å². The van der Waals surface area contributed by atoms with Crippen molar-refractivity contribution in [1.82, 2.24) is 4.90 Å². The highest BCUT2D eigenvalue weighted by Crippen LogP contribution is 2.41. The van der Waals surface area contributed by atoms with Gasteiger partial charge in [-0.05, 0) is 47.7 Å². The third-order valence-corrected chi connectivity index (χ3v) is 5.67. The number of likely N-dealkylation sites (tertiary alicyclic amines) is 1. The second kappa shape index (κ2) is 7.60. The number of fused-ring (bicyclic) bond motifs is 1. The average Bonchev–Trinajstić information content (AvgIpc) is 2.70. The van der Waals surface area contributed by atoms with Crippen molar-refractivity contribution in [2.45, 2.75) is 25.8 Å². The van der Waals surface area contributed by atoms with Crippen molar-refractivity contribution in [1.29, 1.82) is 0 Å². The van der Waals surface area contributed by atoms with Gasteiger partial charge in [-0.3, -0.25) is 15.0 Å². The highest BCUT2D eigenvalue weighted by molar-refractivity contribution is 5.88. The number of non-ortho nitro benzene ring substituents is 1. The van der Waals surface area contributed by atoms with Crippen molar-refractivity contribution in [2.24, 2.45) is 5.92 Å². The summed E-state index contributed by atoms with van der Waals surface area (Å²) in [5.41, 5.74) is 1.75. The van der Waals surface area contributed by atoms with Crippen molar-refractivity contribution < 1.29 is 10.0 Å². The van der Waals surface area contributed by atoms with Crippen molar-refractivity contribution in [3.05, 3.63) is 81.9 Å². The van der Waals surface area contributed by atoms with E-state index in [1.807, 2.05) is 36.4 Å². The number of hydrogen-bond donors (Lipinski definition) is 1. The number of aromatic hydroxyl groups is 1. The van der Waals surface area contributed by atoms with Crippen LogP contribution in [0, 0.1) is 16.0 Å². The number of nitro benzene ring substituents is 1. The molecule has 1 N–H and O–H groups in total. The molecule has 3 aromatic carbocycles. The molecule has 0 amide bonds. The van der Waals surface area contributed by atoms with E-state index < -0.39 is 0 Å². The second-order valence-corrected chi connectivity index (χ2v) is 7.72. The van der Waals surface area contributed by atoms with Crippen LogP contribution in [0.15, 0.2) is 60.7 Å². The van der Waals surface area contributed by atoms with Gasteiger partial charge < -0.3 is 5.11 Å². The van der Waals surface area contributed by atoms with Crippen LogP contribution >= 0.6 is 0 Å². The molecule has 1 saturated heterocycles. The van der Waals surface area contributed by atoms with E-state index in [0.29, 0.717) is 5.92 Å². The lowest BCUT2D eigenvalue weighted by Crippen LogP contribution is -2.38. The number of benzene rings is 3. The van der Waals surface area contributed by atoms with Crippen molar-refractivity contribution in [3.63, 3.8) is 0 Å². The minimum absolute atomic E-state index is 0.0762. The Morgan fingerprint density at radius 3 is 2.75 bits per heavy atom. The first-order chi connectivity index (χ1) is 13.5. The molecule has 1 aliphatic heterocycles. The Kier molecular flexibility index (Phi) is 5.01. The Bertz CT molecular complexity index is 1020. The molecule has 0 aromatic heterocycles. The van der Waals surface area contributed by atoms with Crippen LogP contribution < -0.4 is 0 Å². The van der Waals surface area contributed by atoms with E-state index in [9.17, 15) is 15.2 Å². The summed E-state index contributed by atoms with van der Waals surface area (Å²) in [5, 5.41) is 24.3. The zero-order valence-electron chi connectivity index (χ0n) is 15.9. The second-order valence-electron chi connectivity index (χ2n) is 7.72. The van der Waals surface area contributed by atoms with Gasteiger partial charge in [-0.1, -0.05) is 49.4 Å². The van der Waals surface area contributed by atoms with Crippen LogP contribution in [0.25, 0.3) is 10.8 Å².